The number of hydrogen-bond donors (Lipinski definition) is 1. The summed E-state index contributed by atoms with van der Waals surface area (Å²) < 4.78 is 0. The van der Waals surface area contributed by atoms with Crippen molar-refractivity contribution in [3.63, 3.8) is 0 Å². The molecule has 112 valence electrons. The van der Waals surface area contributed by atoms with Crippen LogP contribution < -0.4 is 5.32 Å². The van der Waals surface area contributed by atoms with Gasteiger partial charge in [0.25, 0.3) is 0 Å². The molecule has 1 saturated carbocycles. The lowest BCUT2D eigenvalue weighted by molar-refractivity contribution is 0.549. The Balaban J connectivity index is 1.85. The van der Waals surface area contributed by atoms with E-state index >= 15 is 0 Å². The summed E-state index contributed by atoms with van der Waals surface area (Å²) in [4.78, 5) is 0. The van der Waals surface area contributed by atoms with Gasteiger partial charge in [-0.15, -0.1) is 0 Å². The highest BCUT2D eigenvalue weighted by atomic mass is 32.2. The molecule has 20 heavy (non-hydrogen) atoms. The van der Waals surface area contributed by atoms with Gasteiger partial charge in [0, 0.05) is 17.0 Å². The van der Waals surface area contributed by atoms with Crippen LogP contribution >= 0.6 is 11.8 Å². The van der Waals surface area contributed by atoms with Gasteiger partial charge in [0.2, 0.25) is 0 Å². The molecule has 0 amide bonds. The molecule has 0 saturated heterocycles. The van der Waals surface area contributed by atoms with Gasteiger partial charge >= 0.3 is 0 Å². The molecule has 1 N–H and O–H groups in total. The lowest BCUT2D eigenvalue weighted by Crippen LogP contribution is -2.34. The maximum Gasteiger partial charge on any atom is 0.0198 e. The summed E-state index contributed by atoms with van der Waals surface area (Å²) >= 11 is 2.20. The second-order valence-electron chi connectivity index (χ2n) is 6.08. The lowest BCUT2D eigenvalue weighted by atomic mass is 10.0. The third kappa shape index (κ3) is 5.49. The summed E-state index contributed by atoms with van der Waals surface area (Å²) in [6, 6.07) is 9.60. The number of thioether (sulfide) groups is 1. The molecule has 1 atom stereocenters. The summed E-state index contributed by atoms with van der Waals surface area (Å²) in [5.41, 5.74) is 2.85. The Morgan fingerprint density at radius 3 is 2.80 bits per heavy atom. The van der Waals surface area contributed by atoms with Crippen LogP contribution in [0.2, 0.25) is 0 Å². The second-order valence-corrected chi connectivity index (χ2v) is 7.42. The number of benzene rings is 1. The van der Waals surface area contributed by atoms with Crippen LogP contribution in [-0.2, 0) is 6.42 Å². The van der Waals surface area contributed by atoms with Crippen molar-refractivity contribution >= 4 is 11.8 Å². The molecular weight excluding hydrogens is 262 g/mol. The molecule has 0 aliphatic heterocycles. The van der Waals surface area contributed by atoms with Crippen molar-refractivity contribution in [1.29, 1.82) is 0 Å². The van der Waals surface area contributed by atoms with E-state index < -0.39 is 0 Å². The van der Waals surface area contributed by atoms with Crippen molar-refractivity contribution < 1.29 is 0 Å². The Kier molecular flexibility index (Phi) is 6.95. The molecule has 0 heterocycles. The number of aryl methyl sites for hydroxylation is 1. The number of hydrogen-bond acceptors (Lipinski definition) is 2. The first-order valence-corrected chi connectivity index (χ1v) is 9.23. The minimum absolute atomic E-state index is 0.627. The average Bonchev–Trinajstić information content (AvgIpc) is 2.95. The molecule has 1 aromatic carbocycles. The van der Waals surface area contributed by atoms with E-state index in [1.165, 1.54) is 55.4 Å². The molecule has 0 bridgehead atoms. The first kappa shape index (κ1) is 15.9. The molecular formula is C18H29NS. The molecule has 2 rings (SSSR count). The molecule has 2 heteroatoms. The molecule has 1 aliphatic rings. The van der Waals surface area contributed by atoms with Gasteiger partial charge in [-0.25, -0.2) is 0 Å². The highest BCUT2D eigenvalue weighted by Crippen LogP contribution is 2.30. The van der Waals surface area contributed by atoms with E-state index in [0.29, 0.717) is 6.04 Å². The lowest BCUT2D eigenvalue weighted by Gasteiger charge is -2.20. The third-order valence-electron chi connectivity index (χ3n) is 4.08. The largest absolute Gasteiger partial charge is 0.313 e. The summed E-state index contributed by atoms with van der Waals surface area (Å²) in [6.45, 7) is 5.58. The van der Waals surface area contributed by atoms with Gasteiger partial charge in [0.05, 0.1) is 0 Å². The van der Waals surface area contributed by atoms with Crippen LogP contribution in [-0.4, -0.2) is 23.6 Å². The van der Waals surface area contributed by atoms with E-state index in [0.717, 1.165) is 11.8 Å². The topological polar surface area (TPSA) is 12.0 Å². The minimum atomic E-state index is 0.627. The Hall–Kier alpha value is -0.470. The predicted molar refractivity (Wildman–Crippen MR) is 91.7 cm³/mol. The Morgan fingerprint density at radius 1 is 1.30 bits per heavy atom. The van der Waals surface area contributed by atoms with Crippen molar-refractivity contribution in [1.82, 2.24) is 5.32 Å². The number of rotatable bonds is 8. The van der Waals surface area contributed by atoms with E-state index in [9.17, 15) is 0 Å². The van der Waals surface area contributed by atoms with Crippen molar-refractivity contribution in [2.75, 3.05) is 12.3 Å². The molecule has 0 spiro atoms. The third-order valence-corrected chi connectivity index (χ3v) is 5.62. The standard InChI is InChI=1S/C18H29NS/c1-3-11-19-17(14-20-18-9-4-5-10-18)13-16-8-6-7-15(2)12-16/h6-8,12,17-19H,3-5,9-11,13-14H2,1-2H3. The Bertz CT molecular complexity index is 385. The van der Waals surface area contributed by atoms with Crippen molar-refractivity contribution in [3.8, 4) is 0 Å². The van der Waals surface area contributed by atoms with Crippen LogP contribution in [0, 0.1) is 6.92 Å². The zero-order chi connectivity index (χ0) is 14.2. The molecule has 0 aromatic heterocycles. The average molecular weight is 292 g/mol. The predicted octanol–water partition coefficient (Wildman–Crippen LogP) is 4.58. The monoisotopic (exact) mass is 291 g/mol. The maximum atomic E-state index is 3.74. The van der Waals surface area contributed by atoms with Gasteiger partial charge in [-0.2, -0.15) is 11.8 Å². The van der Waals surface area contributed by atoms with Crippen LogP contribution in [0.25, 0.3) is 0 Å². The Labute approximate surface area is 128 Å². The van der Waals surface area contributed by atoms with Gasteiger partial charge in [0.1, 0.15) is 0 Å². The van der Waals surface area contributed by atoms with Gasteiger partial charge in [-0.3, -0.25) is 0 Å². The second kappa shape index (κ2) is 8.74. The first-order chi connectivity index (χ1) is 9.78. The van der Waals surface area contributed by atoms with Gasteiger partial charge in [-0.05, 0) is 44.7 Å². The summed E-state index contributed by atoms with van der Waals surface area (Å²) in [7, 11) is 0. The summed E-state index contributed by atoms with van der Waals surface area (Å²) in [5, 5.41) is 4.67. The van der Waals surface area contributed by atoms with Crippen LogP contribution in [0.15, 0.2) is 24.3 Å². The van der Waals surface area contributed by atoms with E-state index in [1.54, 1.807) is 0 Å². The summed E-state index contributed by atoms with van der Waals surface area (Å²) in [5.74, 6) is 1.26. The minimum Gasteiger partial charge on any atom is -0.313 e. The van der Waals surface area contributed by atoms with Gasteiger partial charge in [-0.1, -0.05) is 49.6 Å². The molecule has 1 nitrogen and oxygen atoms in total. The van der Waals surface area contributed by atoms with Crippen LogP contribution in [0.1, 0.15) is 50.2 Å². The molecule has 1 aliphatic carbocycles. The highest BCUT2D eigenvalue weighted by molar-refractivity contribution is 7.99. The fraction of sp³-hybridized carbons (Fsp3) is 0.667. The fourth-order valence-electron chi connectivity index (χ4n) is 2.97. The zero-order valence-electron chi connectivity index (χ0n) is 13.0. The van der Waals surface area contributed by atoms with Crippen LogP contribution in [0.4, 0.5) is 0 Å². The molecule has 0 radical (unpaired) electrons. The van der Waals surface area contributed by atoms with Gasteiger partial charge in [0.15, 0.2) is 0 Å². The molecule has 1 fully saturated rings. The van der Waals surface area contributed by atoms with Crippen molar-refractivity contribution in [3.05, 3.63) is 35.4 Å². The van der Waals surface area contributed by atoms with Gasteiger partial charge < -0.3 is 5.32 Å². The van der Waals surface area contributed by atoms with E-state index in [1.807, 2.05) is 0 Å². The fourth-order valence-corrected chi connectivity index (χ4v) is 4.38. The molecule has 1 unspecified atom stereocenters. The maximum absolute atomic E-state index is 3.74. The van der Waals surface area contributed by atoms with E-state index in [4.69, 9.17) is 0 Å². The van der Waals surface area contributed by atoms with Crippen molar-refractivity contribution in [2.24, 2.45) is 0 Å². The van der Waals surface area contributed by atoms with Crippen LogP contribution in [0.5, 0.6) is 0 Å². The SMILES string of the molecule is CCCNC(CSC1CCCC1)Cc1cccc(C)c1. The summed E-state index contributed by atoms with van der Waals surface area (Å²) in [6.07, 6.45) is 8.16. The molecule has 1 aromatic rings. The van der Waals surface area contributed by atoms with E-state index in [2.05, 4.69) is 55.2 Å². The first-order valence-electron chi connectivity index (χ1n) is 8.18. The number of nitrogens with one attached hydrogen (secondary N) is 1. The highest BCUT2D eigenvalue weighted by Gasteiger charge is 2.18. The van der Waals surface area contributed by atoms with Crippen molar-refractivity contribution in [2.45, 2.75) is 63.7 Å². The van der Waals surface area contributed by atoms with Crippen LogP contribution in [0.3, 0.4) is 0 Å². The quantitative estimate of drug-likeness (QED) is 0.752. The van der Waals surface area contributed by atoms with E-state index in [-0.39, 0.29) is 0 Å². The normalized spacial score (nSPS) is 17.5. The zero-order valence-corrected chi connectivity index (χ0v) is 13.8. The smallest absolute Gasteiger partial charge is 0.0198 e. The Morgan fingerprint density at radius 2 is 2.10 bits per heavy atom.